The first kappa shape index (κ1) is 13.8. The number of halogens is 4. The van der Waals surface area contributed by atoms with Crippen molar-refractivity contribution in [2.45, 2.75) is 12.7 Å². The van der Waals surface area contributed by atoms with E-state index >= 15 is 0 Å². The van der Waals surface area contributed by atoms with Gasteiger partial charge in [0.1, 0.15) is 0 Å². The molecule has 0 aliphatic carbocycles. The molecule has 19 heavy (non-hydrogen) atoms. The van der Waals surface area contributed by atoms with Crippen LogP contribution in [0.15, 0.2) is 36.7 Å². The first-order valence-corrected chi connectivity index (χ1v) is 5.81. The number of pyridine rings is 1. The van der Waals surface area contributed by atoms with Crippen molar-refractivity contribution < 1.29 is 13.2 Å². The molecule has 0 saturated carbocycles. The molecule has 2 nitrogen and oxygen atoms in total. The highest BCUT2D eigenvalue weighted by Crippen LogP contribution is 2.37. The van der Waals surface area contributed by atoms with Crippen LogP contribution in [-0.2, 0) is 12.7 Å². The molecule has 0 amide bonds. The van der Waals surface area contributed by atoms with Crippen LogP contribution in [0.1, 0.15) is 11.1 Å². The number of hydrogen-bond donors (Lipinski definition) is 1. The van der Waals surface area contributed by atoms with E-state index in [1.807, 2.05) is 0 Å². The Morgan fingerprint density at radius 2 is 1.95 bits per heavy atom. The zero-order valence-electron chi connectivity index (χ0n) is 9.71. The highest BCUT2D eigenvalue weighted by atomic mass is 35.5. The molecule has 1 aromatic carbocycles. The molecule has 0 atom stereocenters. The predicted octanol–water partition coefficient (Wildman–Crippen LogP) is 3.88. The van der Waals surface area contributed by atoms with Crippen LogP contribution in [0.2, 0.25) is 5.02 Å². The van der Waals surface area contributed by atoms with E-state index in [-0.39, 0.29) is 12.1 Å². The molecule has 0 aliphatic heterocycles. The normalized spacial score (nSPS) is 11.6. The molecule has 2 aromatic rings. The lowest BCUT2D eigenvalue weighted by molar-refractivity contribution is -0.137. The summed E-state index contributed by atoms with van der Waals surface area (Å²) in [6.45, 7) is 0.161. The Balaban J connectivity index is 2.59. The van der Waals surface area contributed by atoms with E-state index < -0.39 is 11.7 Å². The molecule has 2 N–H and O–H groups in total. The van der Waals surface area contributed by atoms with Crippen molar-refractivity contribution in [2.24, 2.45) is 5.73 Å². The topological polar surface area (TPSA) is 38.9 Å². The van der Waals surface area contributed by atoms with Crippen molar-refractivity contribution >= 4 is 11.6 Å². The number of benzene rings is 1. The highest BCUT2D eigenvalue weighted by molar-refractivity contribution is 6.31. The molecule has 1 heterocycles. The monoisotopic (exact) mass is 286 g/mol. The van der Waals surface area contributed by atoms with Gasteiger partial charge in [-0.25, -0.2) is 0 Å². The molecule has 6 heteroatoms. The van der Waals surface area contributed by atoms with Crippen molar-refractivity contribution in [3.05, 3.63) is 52.8 Å². The number of alkyl halides is 3. The van der Waals surface area contributed by atoms with E-state index in [2.05, 4.69) is 4.98 Å². The largest absolute Gasteiger partial charge is 0.417 e. The summed E-state index contributed by atoms with van der Waals surface area (Å²) in [7, 11) is 0. The molecule has 0 saturated heterocycles. The van der Waals surface area contributed by atoms with E-state index in [9.17, 15) is 13.2 Å². The lowest BCUT2D eigenvalue weighted by Crippen LogP contribution is -2.07. The third-order valence-corrected chi connectivity index (χ3v) is 3.07. The Labute approximate surface area is 113 Å². The van der Waals surface area contributed by atoms with Gasteiger partial charge in [-0.2, -0.15) is 13.2 Å². The molecule has 0 unspecified atom stereocenters. The molecular formula is C13H10ClF3N2. The van der Waals surface area contributed by atoms with Gasteiger partial charge in [-0.1, -0.05) is 17.7 Å². The first-order chi connectivity index (χ1) is 8.93. The summed E-state index contributed by atoms with van der Waals surface area (Å²) in [5.41, 5.74) is 5.77. The van der Waals surface area contributed by atoms with E-state index in [1.165, 1.54) is 18.3 Å². The number of rotatable bonds is 2. The zero-order valence-corrected chi connectivity index (χ0v) is 10.5. The second-order valence-electron chi connectivity index (χ2n) is 3.93. The van der Waals surface area contributed by atoms with E-state index in [0.717, 1.165) is 12.3 Å². The molecule has 0 spiro atoms. The Kier molecular flexibility index (Phi) is 3.78. The summed E-state index contributed by atoms with van der Waals surface area (Å²) in [5.74, 6) is 0. The van der Waals surface area contributed by atoms with Crippen LogP contribution >= 0.6 is 11.6 Å². The summed E-state index contributed by atoms with van der Waals surface area (Å²) in [6.07, 6.45) is -2.13. The van der Waals surface area contributed by atoms with Gasteiger partial charge in [0.05, 0.1) is 5.56 Å². The minimum Gasteiger partial charge on any atom is -0.326 e. The standard InChI is InChI=1S/C13H10ClF3N2/c14-12-2-1-8(5-9(12)6-18)10-7-19-4-3-11(10)13(15,16)17/h1-5,7H,6,18H2. The Hall–Kier alpha value is -1.59. The SMILES string of the molecule is NCc1cc(-c2cnccc2C(F)(F)F)ccc1Cl. The van der Waals surface area contributed by atoms with Crippen LogP contribution < -0.4 is 5.73 Å². The van der Waals surface area contributed by atoms with Gasteiger partial charge in [0.15, 0.2) is 0 Å². The average molecular weight is 287 g/mol. The molecular weight excluding hydrogens is 277 g/mol. The lowest BCUT2D eigenvalue weighted by Gasteiger charge is -2.13. The fourth-order valence-electron chi connectivity index (χ4n) is 1.77. The van der Waals surface area contributed by atoms with Crippen molar-refractivity contribution in [3.63, 3.8) is 0 Å². The highest BCUT2D eigenvalue weighted by Gasteiger charge is 2.33. The average Bonchev–Trinajstić information content (AvgIpc) is 2.38. The molecule has 0 aliphatic rings. The Bertz CT molecular complexity index is 597. The van der Waals surface area contributed by atoms with Gasteiger partial charge in [0.2, 0.25) is 0 Å². The summed E-state index contributed by atoms with van der Waals surface area (Å²) in [4.78, 5) is 3.75. The zero-order chi connectivity index (χ0) is 14.0. The molecule has 1 aromatic heterocycles. The van der Waals surface area contributed by atoms with Gasteiger partial charge in [0, 0.05) is 29.5 Å². The van der Waals surface area contributed by atoms with E-state index in [1.54, 1.807) is 6.07 Å². The molecule has 0 bridgehead atoms. The predicted molar refractivity (Wildman–Crippen MR) is 67.6 cm³/mol. The molecule has 0 radical (unpaired) electrons. The van der Waals surface area contributed by atoms with Gasteiger partial charge < -0.3 is 5.73 Å². The fraction of sp³-hybridized carbons (Fsp3) is 0.154. The second kappa shape index (κ2) is 5.19. The van der Waals surface area contributed by atoms with Crippen LogP contribution in [0.5, 0.6) is 0 Å². The van der Waals surface area contributed by atoms with Crippen LogP contribution in [0.4, 0.5) is 13.2 Å². The van der Waals surface area contributed by atoms with E-state index in [4.69, 9.17) is 17.3 Å². The van der Waals surface area contributed by atoms with Crippen LogP contribution in [0.25, 0.3) is 11.1 Å². The minimum atomic E-state index is -4.43. The van der Waals surface area contributed by atoms with E-state index in [0.29, 0.717) is 16.1 Å². The van der Waals surface area contributed by atoms with Crippen molar-refractivity contribution in [1.29, 1.82) is 0 Å². The molecule has 0 fully saturated rings. The number of nitrogens with zero attached hydrogens (tertiary/aromatic N) is 1. The Morgan fingerprint density at radius 1 is 1.21 bits per heavy atom. The smallest absolute Gasteiger partial charge is 0.326 e. The third-order valence-electron chi connectivity index (χ3n) is 2.70. The lowest BCUT2D eigenvalue weighted by atomic mass is 10.00. The second-order valence-corrected chi connectivity index (χ2v) is 4.34. The Morgan fingerprint density at radius 3 is 2.58 bits per heavy atom. The van der Waals surface area contributed by atoms with Gasteiger partial charge in [-0.15, -0.1) is 0 Å². The van der Waals surface area contributed by atoms with Gasteiger partial charge in [0.25, 0.3) is 0 Å². The molecule has 100 valence electrons. The number of aromatic nitrogens is 1. The van der Waals surface area contributed by atoms with Gasteiger partial charge in [-0.3, -0.25) is 4.98 Å². The summed E-state index contributed by atoms with van der Waals surface area (Å²) < 4.78 is 38.8. The van der Waals surface area contributed by atoms with Gasteiger partial charge in [-0.05, 0) is 29.3 Å². The maximum Gasteiger partial charge on any atom is 0.417 e. The van der Waals surface area contributed by atoms with Crippen molar-refractivity contribution in [1.82, 2.24) is 4.98 Å². The number of nitrogens with two attached hydrogens (primary N) is 1. The quantitative estimate of drug-likeness (QED) is 0.910. The summed E-state index contributed by atoms with van der Waals surface area (Å²) in [6, 6.07) is 5.56. The fourth-order valence-corrected chi connectivity index (χ4v) is 1.97. The third kappa shape index (κ3) is 2.88. The summed E-state index contributed by atoms with van der Waals surface area (Å²) >= 11 is 5.90. The van der Waals surface area contributed by atoms with Crippen LogP contribution in [-0.4, -0.2) is 4.98 Å². The minimum absolute atomic E-state index is 0.0152. The maximum atomic E-state index is 12.9. The van der Waals surface area contributed by atoms with Crippen LogP contribution in [0.3, 0.4) is 0 Å². The van der Waals surface area contributed by atoms with Crippen molar-refractivity contribution in [3.8, 4) is 11.1 Å². The number of hydrogen-bond acceptors (Lipinski definition) is 2. The van der Waals surface area contributed by atoms with Crippen molar-refractivity contribution in [2.75, 3.05) is 0 Å². The van der Waals surface area contributed by atoms with Crippen LogP contribution in [0, 0.1) is 0 Å². The first-order valence-electron chi connectivity index (χ1n) is 5.43. The molecule has 2 rings (SSSR count). The maximum absolute atomic E-state index is 12.9. The summed E-state index contributed by atoms with van der Waals surface area (Å²) in [5, 5.41) is 0.434. The van der Waals surface area contributed by atoms with Gasteiger partial charge >= 0.3 is 6.18 Å².